The molecule has 0 aromatic carbocycles. The first kappa shape index (κ1) is 20.6. The zero-order valence-corrected chi connectivity index (χ0v) is 19.2. The molecule has 0 radical (unpaired) electrons. The van der Waals surface area contributed by atoms with Crippen molar-refractivity contribution in [3.8, 4) is 0 Å². The first-order chi connectivity index (χ1) is 14.2. The van der Waals surface area contributed by atoms with Crippen molar-refractivity contribution in [2.24, 2.45) is 34.5 Å². The third kappa shape index (κ3) is 2.92. The monoisotopic (exact) mass is 414 g/mol. The summed E-state index contributed by atoms with van der Waals surface area (Å²) in [5.41, 5.74) is 1.85. The SMILES string of the molecule is CC(=O)O[C@H]1CC[C@@]2(C)C(=CC[C@H]3[C@@H]4CC[C@@H](C5(C)CCC(=O)O5)[C@@]4(C)CC[C@@H]32)C1. The Labute approximate surface area is 181 Å². The highest BCUT2D eigenvalue weighted by atomic mass is 16.6. The Hall–Kier alpha value is -1.32. The number of hydrogen-bond acceptors (Lipinski definition) is 4. The highest BCUT2D eigenvalue weighted by molar-refractivity contribution is 5.72. The molecular weight excluding hydrogens is 376 g/mol. The molecule has 4 nitrogen and oxygen atoms in total. The standard InChI is InChI=1S/C26H38O4/c1-16(27)29-18-9-12-24(2)17(15-18)5-6-19-20-7-8-22(25(20,3)13-10-21(19)24)26(4)14-11-23(28)30-26/h5,18-22H,6-15H2,1-4H3/t18-,19-,20-,21-,22+,24-,25-,26?/m0/s1. The molecule has 0 spiro atoms. The number of rotatable bonds is 2. The zero-order chi connectivity index (χ0) is 21.3. The van der Waals surface area contributed by atoms with Crippen molar-refractivity contribution in [3.05, 3.63) is 11.6 Å². The largest absolute Gasteiger partial charge is 0.462 e. The van der Waals surface area contributed by atoms with E-state index in [0.717, 1.165) is 43.4 Å². The normalized spacial score (nSPS) is 50.1. The second-order valence-corrected chi connectivity index (χ2v) is 11.7. The van der Waals surface area contributed by atoms with E-state index in [4.69, 9.17) is 9.47 Å². The van der Waals surface area contributed by atoms with E-state index in [0.29, 0.717) is 12.3 Å². The van der Waals surface area contributed by atoms with E-state index in [1.807, 2.05) is 0 Å². The maximum Gasteiger partial charge on any atom is 0.306 e. The van der Waals surface area contributed by atoms with Crippen molar-refractivity contribution in [2.75, 3.05) is 0 Å². The third-order valence-electron chi connectivity index (χ3n) is 10.3. The van der Waals surface area contributed by atoms with E-state index >= 15 is 0 Å². The Morgan fingerprint density at radius 2 is 1.87 bits per heavy atom. The first-order valence-electron chi connectivity index (χ1n) is 12.2. The maximum absolute atomic E-state index is 11.9. The predicted octanol–water partition coefficient (Wildman–Crippen LogP) is 5.59. The second-order valence-electron chi connectivity index (χ2n) is 11.7. The van der Waals surface area contributed by atoms with Crippen LogP contribution in [0.5, 0.6) is 0 Å². The summed E-state index contributed by atoms with van der Waals surface area (Å²) >= 11 is 0. The van der Waals surface area contributed by atoms with Gasteiger partial charge in [0.25, 0.3) is 0 Å². The van der Waals surface area contributed by atoms with E-state index in [1.54, 1.807) is 5.57 Å². The molecule has 1 aliphatic heterocycles. The summed E-state index contributed by atoms with van der Waals surface area (Å²) in [5.74, 6) is 2.57. The average Bonchev–Trinajstić information content (AvgIpc) is 3.21. The number of hydrogen-bond donors (Lipinski definition) is 0. The van der Waals surface area contributed by atoms with Crippen molar-refractivity contribution >= 4 is 11.9 Å². The molecule has 30 heavy (non-hydrogen) atoms. The fraction of sp³-hybridized carbons (Fsp3) is 0.846. The summed E-state index contributed by atoms with van der Waals surface area (Å²) in [7, 11) is 0. The third-order valence-corrected chi connectivity index (χ3v) is 10.3. The van der Waals surface area contributed by atoms with Gasteiger partial charge in [0.1, 0.15) is 11.7 Å². The summed E-state index contributed by atoms with van der Waals surface area (Å²) in [4.78, 5) is 23.4. The van der Waals surface area contributed by atoms with Crippen LogP contribution in [0.2, 0.25) is 0 Å². The van der Waals surface area contributed by atoms with Crippen LogP contribution in [-0.4, -0.2) is 23.6 Å². The molecule has 5 aliphatic rings. The molecule has 1 heterocycles. The molecule has 166 valence electrons. The summed E-state index contributed by atoms with van der Waals surface area (Å²) in [6, 6.07) is 0. The molecule has 0 N–H and O–H groups in total. The summed E-state index contributed by atoms with van der Waals surface area (Å²) in [6.07, 6.45) is 13.3. The van der Waals surface area contributed by atoms with Crippen LogP contribution >= 0.6 is 0 Å². The lowest BCUT2D eigenvalue weighted by Crippen LogP contribution is -2.53. The van der Waals surface area contributed by atoms with Crippen molar-refractivity contribution in [3.63, 3.8) is 0 Å². The van der Waals surface area contributed by atoms with E-state index in [1.165, 1.54) is 39.0 Å². The van der Waals surface area contributed by atoms with Crippen LogP contribution in [0.15, 0.2) is 11.6 Å². The van der Waals surface area contributed by atoms with Crippen LogP contribution in [-0.2, 0) is 19.1 Å². The van der Waals surface area contributed by atoms with Crippen LogP contribution < -0.4 is 0 Å². The fourth-order valence-electron chi connectivity index (χ4n) is 8.92. The van der Waals surface area contributed by atoms with Gasteiger partial charge in [-0.05, 0) is 86.9 Å². The fourth-order valence-corrected chi connectivity index (χ4v) is 8.92. The number of carbonyl (C=O) groups is 2. The molecule has 1 unspecified atom stereocenters. The van der Waals surface area contributed by atoms with Gasteiger partial charge in [-0.15, -0.1) is 0 Å². The van der Waals surface area contributed by atoms with Gasteiger partial charge in [-0.3, -0.25) is 9.59 Å². The van der Waals surface area contributed by atoms with Crippen molar-refractivity contribution in [1.82, 2.24) is 0 Å². The molecule has 5 rings (SSSR count). The Bertz CT molecular complexity index is 786. The minimum Gasteiger partial charge on any atom is -0.462 e. The average molecular weight is 415 g/mol. The summed E-state index contributed by atoms with van der Waals surface area (Å²) in [6.45, 7) is 8.75. The Kier molecular flexibility index (Phi) is 4.69. The second kappa shape index (κ2) is 6.84. The number of allylic oxidation sites excluding steroid dienone is 1. The quantitative estimate of drug-likeness (QED) is 0.436. The lowest BCUT2D eigenvalue weighted by molar-refractivity contribution is -0.159. The van der Waals surface area contributed by atoms with E-state index in [9.17, 15) is 9.59 Å². The molecule has 1 saturated heterocycles. The number of esters is 2. The van der Waals surface area contributed by atoms with Gasteiger partial charge < -0.3 is 9.47 Å². The number of carbonyl (C=O) groups excluding carboxylic acids is 2. The molecule has 4 fully saturated rings. The molecule has 3 saturated carbocycles. The van der Waals surface area contributed by atoms with Gasteiger partial charge in [-0.1, -0.05) is 25.5 Å². The molecule has 0 bridgehead atoms. The topological polar surface area (TPSA) is 52.6 Å². The molecule has 0 aromatic rings. The van der Waals surface area contributed by atoms with Crippen molar-refractivity contribution in [2.45, 2.75) is 104 Å². The van der Waals surface area contributed by atoms with Crippen LogP contribution in [0.4, 0.5) is 0 Å². The number of fused-ring (bicyclic) bond motifs is 5. The van der Waals surface area contributed by atoms with Gasteiger partial charge in [0.2, 0.25) is 0 Å². The van der Waals surface area contributed by atoms with Gasteiger partial charge in [0, 0.05) is 25.7 Å². The molecule has 0 amide bonds. The number of cyclic esters (lactones) is 1. The molecule has 0 aromatic heterocycles. The van der Waals surface area contributed by atoms with E-state index in [2.05, 4.69) is 26.8 Å². The lowest BCUT2D eigenvalue weighted by atomic mass is 9.46. The first-order valence-corrected chi connectivity index (χ1v) is 12.2. The van der Waals surface area contributed by atoms with E-state index < -0.39 is 0 Å². The Morgan fingerprint density at radius 1 is 1.07 bits per heavy atom. The highest BCUT2D eigenvalue weighted by Crippen LogP contribution is 2.68. The molecule has 4 heteroatoms. The van der Waals surface area contributed by atoms with Gasteiger partial charge in [-0.25, -0.2) is 0 Å². The van der Waals surface area contributed by atoms with Gasteiger partial charge in [-0.2, -0.15) is 0 Å². The predicted molar refractivity (Wildman–Crippen MR) is 114 cm³/mol. The maximum atomic E-state index is 11.9. The Morgan fingerprint density at radius 3 is 2.57 bits per heavy atom. The smallest absolute Gasteiger partial charge is 0.306 e. The number of ether oxygens (including phenoxy) is 2. The highest BCUT2D eigenvalue weighted by Gasteiger charge is 2.63. The summed E-state index contributed by atoms with van der Waals surface area (Å²) < 4.78 is 11.5. The van der Waals surface area contributed by atoms with Crippen molar-refractivity contribution < 1.29 is 19.1 Å². The van der Waals surface area contributed by atoms with Gasteiger partial charge in [0.15, 0.2) is 0 Å². The lowest BCUT2D eigenvalue weighted by Gasteiger charge is -2.59. The molecule has 4 aliphatic carbocycles. The molecule has 8 atom stereocenters. The molecular formula is C26H38O4. The van der Waals surface area contributed by atoms with Gasteiger partial charge in [0.05, 0.1) is 0 Å². The Balaban J connectivity index is 1.39. The van der Waals surface area contributed by atoms with E-state index in [-0.39, 0.29) is 34.5 Å². The van der Waals surface area contributed by atoms with Crippen LogP contribution in [0.3, 0.4) is 0 Å². The van der Waals surface area contributed by atoms with Crippen molar-refractivity contribution in [1.29, 1.82) is 0 Å². The summed E-state index contributed by atoms with van der Waals surface area (Å²) in [5, 5.41) is 0. The van der Waals surface area contributed by atoms with Crippen LogP contribution in [0.1, 0.15) is 91.9 Å². The zero-order valence-electron chi connectivity index (χ0n) is 19.2. The van der Waals surface area contributed by atoms with Crippen LogP contribution in [0.25, 0.3) is 0 Å². The van der Waals surface area contributed by atoms with Crippen LogP contribution in [0, 0.1) is 34.5 Å². The minimum atomic E-state index is -0.255. The minimum absolute atomic E-state index is 0.000489. The van der Waals surface area contributed by atoms with Gasteiger partial charge >= 0.3 is 11.9 Å².